The lowest BCUT2D eigenvalue weighted by molar-refractivity contribution is 0.292. The van der Waals surface area contributed by atoms with E-state index in [4.69, 9.17) is 38.0 Å². The predicted molar refractivity (Wildman–Crippen MR) is 229 cm³/mol. The van der Waals surface area contributed by atoms with Gasteiger partial charge in [-0.25, -0.2) is 15.0 Å². The summed E-state index contributed by atoms with van der Waals surface area (Å²) in [6, 6.07) is 31.9. The summed E-state index contributed by atoms with van der Waals surface area (Å²) in [7, 11) is 0. The topological polar surface area (TPSA) is 121 Å². The van der Waals surface area contributed by atoms with Crippen molar-refractivity contribution in [3.8, 4) is 28.0 Å². The Balaban J connectivity index is 0.854. The van der Waals surface area contributed by atoms with Crippen molar-refractivity contribution in [2.24, 2.45) is 0 Å². The van der Waals surface area contributed by atoms with E-state index >= 15 is 0 Å². The Bertz CT molecular complexity index is 2580. The van der Waals surface area contributed by atoms with E-state index in [9.17, 15) is 0 Å². The molecule has 0 bridgehead atoms. The van der Waals surface area contributed by atoms with Gasteiger partial charge in [0.1, 0.15) is 18.2 Å². The number of hydrogen-bond acceptors (Lipinski definition) is 10. The Morgan fingerprint density at radius 2 is 1.41 bits per heavy atom. The summed E-state index contributed by atoms with van der Waals surface area (Å²) in [5.41, 5.74) is 8.16. The molecule has 0 atom stereocenters. The van der Waals surface area contributed by atoms with Gasteiger partial charge in [0, 0.05) is 67.5 Å². The largest absolute Gasteiger partial charge is 0.492 e. The molecule has 8 aromatic rings. The van der Waals surface area contributed by atoms with Crippen molar-refractivity contribution in [2.75, 3.05) is 36.9 Å². The van der Waals surface area contributed by atoms with Crippen LogP contribution in [-0.4, -0.2) is 50.8 Å². The van der Waals surface area contributed by atoms with Crippen molar-refractivity contribution in [3.63, 3.8) is 0 Å². The molecule has 10 nitrogen and oxygen atoms in total. The van der Waals surface area contributed by atoms with Gasteiger partial charge in [-0.2, -0.15) is 0 Å². The first-order valence-electron chi connectivity index (χ1n) is 18.2. The zero-order valence-electron chi connectivity index (χ0n) is 30.2. The summed E-state index contributed by atoms with van der Waals surface area (Å²) in [4.78, 5) is 14.0. The number of aliphatic hydroxyl groups is 1. The SMILES string of the molecule is OCCNCc1csc2c(Nc3cccc(-c4ccc(OCCNCc5cn6ccnc(Nc7cccc(-c8ccccc8)c7Cl)c6n5)cc4)c3Cl)nccc12. The van der Waals surface area contributed by atoms with Crippen LogP contribution < -0.4 is 26.0 Å². The predicted octanol–water partition coefficient (Wildman–Crippen LogP) is 9.72. The van der Waals surface area contributed by atoms with E-state index in [2.05, 4.69) is 36.6 Å². The lowest BCUT2D eigenvalue weighted by Crippen LogP contribution is -2.20. The Labute approximate surface area is 338 Å². The van der Waals surface area contributed by atoms with E-state index in [1.807, 2.05) is 114 Å². The number of nitrogens with zero attached hydrogens (tertiary/aromatic N) is 4. The van der Waals surface area contributed by atoms with E-state index in [-0.39, 0.29) is 6.61 Å². The van der Waals surface area contributed by atoms with Gasteiger partial charge < -0.3 is 35.5 Å². The number of anilines is 4. The number of halogens is 2. The number of aliphatic hydroxyl groups excluding tert-OH is 1. The molecule has 13 heteroatoms. The molecule has 0 fully saturated rings. The first-order valence-corrected chi connectivity index (χ1v) is 19.8. The molecular formula is C43H38Cl2N8O2S. The number of nitrogens with one attached hydrogen (secondary N) is 4. The first-order chi connectivity index (χ1) is 27.6. The highest BCUT2D eigenvalue weighted by Gasteiger charge is 2.15. The number of ether oxygens (including phenoxy) is 1. The quantitative estimate of drug-likeness (QED) is 0.0609. The molecule has 0 saturated carbocycles. The van der Waals surface area contributed by atoms with Crippen molar-refractivity contribution >= 4 is 73.3 Å². The highest BCUT2D eigenvalue weighted by Crippen LogP contribution is 2.39. The van der Waals surface area contributed by atoms with E-state index in [1.54, 1.807) is 23.7 Å². The van der Waals surface area contributed by atoms with Crippen LogP contribution in [0, 0.1) is 0 Å². The van der Waals surface area contributed by atoms with Gasteiger partial charge in [0.05, 0.1) is 38.4 Å². The molecule has 4 heterocycles. The Morgan fingerprint density at radius 3 is 2.16 bits per heavy atom. The average Bonchev–Trinajstić information content (AvgIpc) is 3.85. The minimum absolute atomic E-state index is 0.105. The van der Waals surface area contributed by atoms with Gasteiger partial charge in [-0.1, -0.05) is 89.9 Å². The second-order valence-corrected chi connectivity index (χ2v) is 14.6. The molecule has 0 saturated heterocycles. The molecule has 0 amide bonds. The van der Waals surface area contributed by atoms with E-state index in [1.165, 1.54) is 5.56 Å². The molecule has 0 radical (unpaired) electrons. The van der Waals surface area contributed by atoms with Crippen LogP contribution in [-0.2, 0) is 13.1 Å². The maximum atomic E-state index is 9.12. The number of fused-ring (bicyclic) bond motifs is 2. The molecule has 4 aromatic heterocycles. The number of benzene rings is 4. The number of imidazole rings is 1. The van der Waals surface area contributed by atoms with E-state index < -0.39 is 0 Å². The zero-order chi connectivity index (χ0) is 38.3. The minimum atomic E-state index is 0.105. The van der Waals surface area contributed by atoms with Crippen LogP contribution in [0.25, 0.3) is 38.0 Å². The van der Waals surface area contributed by atoms with Gasteiger partial charge in [-0.3, -0.25) is 0 Å². The molecule has 0 aliphatic rings. The fourth-order valence-electron chi connectivity index (χ4n) is 6.45. The van der Waals surface area contributed by atoms with Crippen LogP contribution in [0.3, 0.4) is 0 Å². The number of aromatic nitrogens is 4. The average molecular weight is 802 g/mol. The third kappa shape index (κ3) is 8.34. The Morgan fingerprint density at radius 1 is 0.714 bits per heavy atom. The van der Waals surface area contributed by atoms with Crippen LogP contribution >= 0.6 is 34.5 Å². The van der Waals surface area contributed by atoms with Crippen LogP contribution in [0.5, 0.6) is 5.75 Å². The maximum Gasteiger partial charge on any atom is 0.180 e. The van der Waals surface area contributed by atoms with Gasteiger partial charge in [0.2, 0.25) is 0 Å². The van der Waals surface area contributed by atoms with Crippen LogP contribution in [0.2, 0.25) is 10.0 Å². The van der Waals surface area contributed by atoms with Gasteiger partial charge >= 0.3 is 0 Å². The molecule has 0 unspecified atom stereocenters. The van der Waals surface area contributed by atoms with E-state index in [0.717, 1.165) is 61.0 Å². The summed E-state index contributed by atoms with van der Waals surface area (Å²) in [5.74, 6) is 2.14. The summed E-state index contributed by atoms with van der Waals surface area (Å²) >= 11 is 15.4. The molecule has 0 aliphatic carbocycles. The first kappa shape index (κ1) is 37.4. The van der Waals surface area contributed by atoms with Gasteiger partial charge in [-0.05, 0) is 52.4 Å². The second-order valence-electron chi connectivity index (χ2n) is 12.9. The zero-order valence-corrected chi connectivity index (χ0v) is 32.5. The molecule has 56 heavy (non-hydrogen) atoms. The van der Waals surface area contributed by atoms with Crippen molar-refractivity contribution in [2.45, 2.75) is 13.1 Å². The molecule has 0 spiro atoms. The Hall–Kier alpha value is -5.53. The monoisotopic (exact) mass is 800 g/mol. The van der Waals surface area contributed by atoms with Crippen LogP contribution in [0.1, 0.15) is 11.3 Å². The number of thiophene rings is 1. The normalized spacial score (nSPS) is 11.3. The van der Waals surface area contributed by atoms with Crippen molar-refractivity contribution in [3.05, 3.63) is 149 Å². The Kier molecular flexibility index (Phi) is 11.7. The molecule has 8 rings (SSSR count). The molecule has 282 valence electrons. The van der Waals surface area contributed by atoms with Crippen molar-refractivity contribution in [1.82, 2.24) is 30.0 Å². The third-order valence-electron chi connectivity index (χ3n) is 9.21. The summed E-state index contributed by atoms with van der Waals surface area (Å²) in [6.07, 6.45) is 7.41. The summed E-state index contributed by atoms with van der Waals surface area (Å²) in [6.45, 7) is 3.02. The van der Waals surface area contributed by atoms with E-state index in [0.29, 0.717) is 54.3 Å². The number of pyridine rings is 1. The smallest absolute Gasteiger partial charge is 0.180 e. The van der Waals surface area contributed by atoms with Gasteiger partial charge in [0.15, 0.2) is 11.5 Å². The molecule has 4 aromatic carbocycles. The summed E-state index contributed by atoms with van der Waals surface area (Å²) in [5, 5.41) is 27.1. The fraction of sp³-hybridized carbons (Fsp3) is 0.140. The van der Waals surface area contributed by atoms with Gasteiger partial charge in [-0.15, -0.1) is 11.3 Å². The highest BCUT2D eigenvalue weighted by molar-refractivity contribution is 7.18. The number of hydrogen-bond donors (Lipinski definition) is 5. The highest BCUT2D eigenvalue weighted by atomic mass is 35.5. The molecule has 0 aliphatic heterocycles. The lowest BCUT2D eigenvalue weighted by atomic mass is 10.0. The third-order valence-corrected chi connectivity index (χ3v) is 11.1. The van der Waals surface area contributed by atoms with Crippen LogP contribution in [0.4, 0.5) is 23.0 Å². The molecule has 5 N–H and O–H groups in total. The summed E-state index contributed by atoms with van der Waals surface area (Å²) < 4.78 is 9.05. The second kappa shape index (κ2) is 17.5. The lowest BCUT2D eigenvalue weighted by Gasteiger charge is -2.13. The van der Waals surface area contributed by atoms with Crippen molar-refractivity contribution in [1.29, 1.82) is 0 Å². The number of rotatable bonds is 16. The van der Waals surface area contributed by atoms with Gasteiger partial charge in [0.25, 0.3) is 0 Å². The molecular weight excluding hydrogens is 763 g/mol. The van der Waals surface area contributed by atoms with Crippen molar-refractivity contribution < 1.29 is 9.84 Å². The fourth-order valence-corrected chi connectivity index (χ4v) is 8.03. The maximum absolute atomic E-state index is 9.12. The minimum Gasteiger partial charge on any atom is -0.492 e. The standard InChI is InChI=1S/C43H38Cl2N8O2S/c44-38-33(28-6-2-1-3-7-28)8-4-11-37(38)52-42-43-50-31(26-53(43)21-18-49-42)25-47-20-23-55-32-14-12-29(13-15-32)34-9-5-10-36(39(34)45)51-41-40-35(16-17-48-41)30(27-56-40)24-46-19-22-54/h1-18,21,26-27,46-47,54H,19-20,22-25H2,(H,48,51)(H,49,52). The van der Waals surface area contributed by atoms with Crippen LogP contribution in [0.15, 0.2) is 127 Å².